The van der Waals surface area contributed by atoms with Crippen molar-refractivity contribution in [2.24, 2.45) is 40.0 Å². The minimum atomic E-state index is -0.734. The number of aryl methyl sites for hydroxylation is 4. The van der Waals surface area contributed by atoms with Crippen molar-refractivity contribution in [2.75, 3.05) is 0 Å². The molecule has 4 heterocycles. The zero-order chi connectivity index (χ0) is 28.3. The first kappa shape index (κ1) is 30.1. The molecule has 0 saturated heterocycles. The fourth-order valence-electron chi connectivity index (χ4n) is 4.12. The quantitative estimate of drug-likeness (QED) is 0.211. The summed E-state index contributed by atoms with van der Waals surface area (Å²) in [5.41, 5.74) is 4.36. The topological polar surface area (TPSA) is 109 Å². The Morgan fingerprint density at radius 1 is 0.897 bits per heavy atom. The summed E-state index contributed by atoms with van der Waals surface area (Å²) in [6.45, 7) is 0. The van der Waals surface area contributed by atoms with E-state index in [4.69, 9.17) is 0 Å². The van der Waals surface area contributed by atoms with Gasteiger partial charge in [0.05, 0.1) is 9.26 Å². The molecule has 1 N–H and O–H groups in total. The zero-order valence-electron chi connectivity index (χ0n) is 22.4. The minimum Gasteiger partial charge on any atom is -0.382 e. The third-order valence-electron chi connectivity index (χ3n) is 6.63. The van der Waals surface area contributed by atoms with Gasteiger partial charge in [-0.2, -0.15) is 20.4 Å². The van der Waals surface area contributed by atoms with E-state index in [1.165, 1.54) is 37.1 Å². The first-order valence-corrected chi connectivity index (χ1v) is 15.4. The van der Waals surface area contributed by atoms with Crippen LogP contribution in [0.2, 0.25) is 0 Å². The number of carbonyl (C=O) groups excluding carboxylic acids is 1. The van der Waals surface area contributed by atoms with Gasteiger partial charge in [0.25, 0.3) is 0 Å². The summed E-state index contributed by atoms with van der Waals surface area (Å²) in [6, 6.07) is 3.88. The molecule has 10 nitrogen and oxygen atoms in total. The first-order chi connectivity index (χ1) is 18.5. The molecule has 39 heavy (non-hydrogen) atoms. The van der Waals surface area contributed by atoms with Gasteiger partial charge in [-0.15, -0.1) is 0 Å². The van der Waals surface area contributed by atoms with E-state index in [2.05, 4.69) is 74.8 Å². The van der Waals surface area contributed by atoms with Gasteiger partial charge in [-0.05, 0) is 117 Å². The maximum Gasteiger partial charge on any atom is 0.170 e. The molecule has 0 amide bonds. The number of hydrogen-bond donors (Lipinski definition) is 1. The van der Waals surface area contributed by atoms with Gasteiger partial charge < -0.3 is 5.11 Å². The second-order valence-corrected chi connectivity index (χ2v) is 12.8. The lowest BCUT2D eigenvalue weighted by molar-refractivity contribution is 0.111. The second-order valence-electron chi connectivity index (χ2n) is 10.2. The van der Waals surface area contributed by atoms with Crippen LogP contribution in [0.25, 0.3) is 0 Å². The number of halogens is 3. The maximum atomic E-state index is 10.4. The maximum absolute atomic E-state index is 10.4. The molecule has 4 aromatic rings. The smallest absolute Gasteiger partial charge is 0.170 e. The molecule has 0 aromatic carbocycles. The first-order valence-electron chi connectivity index (χ1n) is 12.8. The van der Waals surface area contributed by atoms with Crippen LogP contribution >= 0.6 is 54.5 Å². The van der Waals surface area contributed by atoms with Gasteiger partial charge in [-0.3, -0.25) is 23.5 Å². The van der Waals surface area contributed by atoms with Crippen LogP contribution in [0.5, 0.6) is 0 Å². The molecule has 6 rings (SSSR count). The number of rotatable bonds is 7. The summed E-state index contributed by atoms with van der Waals surface area (Å²) in [5.74, 6) is 1.66. The Hall–Kier alpha value is -1.84. The Kier molecular flexibility index (Phi) is 10.2. The van der Waals surface area contributed by atoms with E-state index in [-0.39, 0.29) is 0 Å². The zero-order valence-corrected chi connectivity index (χ0v) is 27.8. The van der Waals surface area contributed by atoms with Gasteiger partial charge in [-0.1, -0.05) is 0 Å². The number of aliphatic hydroxyl groups excluding tert-OH is 1. The Morgan fingerprint density at radius 3 is 1.85 bits per heavy atom. The molecule has 1 atom stereocenters. The molecule has 210 valence electrons. The Labute approximate surface area is 258 Å². The van der Waals surface area contributed by atoms with Crippen LogP contribution in [0.4, 0.5) is 0 Å². The number of nitrogens with zero attached hydrogens (tertiary/aromatic N) is 8. The minimum absolute atomic E-state index is 0.549. The van der Waals surface area contributed by atoms with Gasteiger partial charge in [0.2, 0.25) is 0 Å². The summed E-state index contributed by atoms with van der Waals surface area (Å²) in [7, 11) is 7.56. The van der Waals surface area contributed by atoms with Crippen molar-refractivity contribution in [1.29, 1.82) is 0 Å². The summed E-state index contributed by atoms with van der Waals surface area (Å²) >= 11 is 8.86. The molecule has 2 aliphatic rings. The van der Waals surface area contributed by atoms with Crippen molar-refractivity contribution < 1.29 is 9.90 Å². The molecule has 4 aromatic heterocycles. The van der Waals surface area contributed by atoms with E-state index in [9.17, 15) is 9.90 Å². The molecular weight excluding hydrogens is 743 g/mol. The third-order valence-corrected chi connectivity index (χ3v) is 9.36. The van der Waals surface area contributed by atoms with Gasteiger partial charge in [0, 0.05) is 57.5 Å². The molecule has 0 aliphatic heterocycles. The summed E-state index contributed by atoms with van der Waals surface area (Å²) in [5, 5.41) is 27.1. The Morgan fingerprint density at radius 2 is 1.44 bits per heavy atom. The molecular formula is C26H33Br2IN8O2. The highest BCUT2D eigenvalue weighted by molar-refractivity contribution is 14.1. The highest BCUT2D eigenvalue weighted by atomic mass is 127. The van der Waals surface area contributed by atoms with E-state index in [1.54, 1.807) is 9.36 Å². The van der Waals surface area contributed by atoms with E-state index >= 15 is 0 Å². The summed E-state index contributed by atoms with van der Waals surface area (Å²) in [6.07, 6.45) is 11.3. The van der Waals surface area contributed by atoms with E-state index in [0.29, 0.717) is 16.0 Å². The van der Waals surface area contributed by atoms with Crippen LogP contribution in [0.3, 0.4) is 0 Å². The third kappa shape index (κ3) is 8.57. The fraction of sp³-hybridized carbons (Fsp3) is 0.500. The van der Waals surface area contributed by atoms with Crippen molar-refractivity contribution in [1.82, 2.24) is 39.1 Å². The van der Waals surface area contributed by atoms with Crippen molar-refractivity contribution in [2.45, 2.75) is 44.6 Å². The fourth-order valence-corrected chi connectivity index (χ4v) is 5.56. The SMILES string of the molecule is Cn1cc(C(O)c2cc(CC3CC3)n(C)n2)c(Br)n1.Cn1cc(I)c(Br)n1.Cn1nc(C=O)cc1CC1CC1. The van der Waals surface area contributed by atoms with Crippen LogP contribution in [0, 0.1) is 15.4 Å². The number of hydrogen-bond acceptors (Lipinski definition) is 6. The molecule has 13 heteroatoms. The van der Waals surface area contributed by atoms with Crippen LogP contribution in [-0.4, -0.2) is 50.5 Å². The largest absolute Gasteiger partial charge is 0.382 e. The monoisotopic (exact) mass is 774 g/mol. The average molecular weight is 776 g/mol. The number of aliphatic hydroxyl groups is 1. The summed E-state index contributed by atoms with van der Waals surface area (Å²) < 4.78 is 9.86. The average Bonchev–Trinajstić information content (AvgIpc) is 3.75. The van der Waals surface area contributed by atoms with Crippen LogP contribution in [0.15, 0.2) is 33.7 Å². The van der Waals surface area contributed by atoms with E-state index < -0.39 is 6.10 Å². The van der Waals surface area contributed by atoms with Gasteiger partial charge >= 0.3 is 0 Å². The lowest BCUT2D eigenvalue weighted by Crippen LogP contribution is -2.02. The van der Waals surface area contributed by atoms with E-state index in [1.807, 2.05) is 62.1 Å². The number of aldehydes is 1. The summed E-state index contributed by atoms with van der Waals surface area (Å²) in [4.78, 5) is 10.4. The van der Waals surface area contributed by atoms with Crippen molar-refractivity contribution in [3.05, 3.63) is 65.6 Å². The number of aromatic nitrogens is 8. The number of carbonyl (C=O) groups is 1. The molecule has 2 saturated carbocycles. The highest BCUT2D eigenvalue weighted by Crippen LogP contribution is 2.34. The van der Waals surface area contributed by atoms with Crippen LogP contribution in [-0.2, 0) is 41.0 Å². The Balaban J connectivity index is 0.000000150. The molecule has 2 fully saturated rings. The van der Waals surface area contributed by atoms with Crippen LogP contribution in [0.1, 0.15) is 64.9 Å². The lowest BCUT2D eigenvalue weighted by atomic mass is 10.1. The predicted molar refractivity (Wildman–Crippen MR) is 163 cm³/mol. The molecule has 0 spiro atoms. The van der Waals surface area contributed by atoms with Crippen molar-refractivity contribution in [3.63, 3.8) is 0 Å². The second kappa shape index (κ2) is 13.2. The van der Waals surface area contributed by atoms with Crippen molar-refractivity contribution >= 4 is 60.7 Å². The molecule has 0 radical (unpaired) electrons. The Bertz CT molecular complexity index is 1400. The molecule has 1 unspecified atom stereocenters. The van der Waals surface area contributed by atoms with E-state index in [0.717, 1.165) is 44.7 Å². The molecule has 2 aliphatic carbocycles. The lowest BCUT2D eigenvalue weighted by Gasteiger charge is -2.04. The van der Waals surface area contributed by atoms with Crippen molar-refractivity contribution in [3.8, 4) is 0 Å². The van der Waals surface area contributed by atoms with Gasteiger partial charge in [-0.25, -0.2) is 0 Å². The highest BCUT2D eigenvalue weighted by Gasteiger charge is 2.26. The van der Waals surface area contributed by atoms with Gasteiger partial charge in [0.1, 0.15) is 21.0 Å². The standard InChI is InChI=1S/C13H17BrN4O.C9H12N2O.C4H4BrIN2/c1-17-7-10(13(14)16-17)12(19)11-6-9(18(2)15-11)5-8-3-4-8;1-11-9(4-7-2-3-7)5-8(6-12)10-11;1-8-2-3(6)4(5)7-8/h6-8,12,19H,3-5H2,1-2H3;5-7H,2-4H2,1H3;2H,1H3. The molecule has 0 bridgehead atoms. The normalized spacial score (nSPS) is 15.3. The predicted octanol–water partition coefficient (Wildman–Crippen LogP) is 4.92. The van der Waals surface area contributed by atoms with Crippen LogP contribution < -0.4 is 0 Å². The van der Waals surface area contributed by atoms with Gasteiger partial charge in [0.15, 0.2) is 6.29 Å².